The quantitative estimate of drug-likeness (QED) is 0.717. The number of nitrogens with one attached hydrogen (secondary N) is 1. The zero-order chi connectivity index (χ0) is 17.5. The van der Waals surface area contributed by atoms with E-state index in [1.54, 1.807) is 42.5 Å². The number of hydrogen-bond donors (Lipinski definition) is 3. The molecule has 6 nitrogen and oxygen atoms in total. The van der Waals surface area contributed by atoms with E-state index in [0.29, 0.717) is 29.2 Å². The SMILES string of the molecule is COc1cc(OC)cc(C(O)CNC(=O)c2ccc(CN)cc2)c1. The molecule has 0 aliphatic rings. The van der Waals surface area contributed by atoms with Crippen LogP contribution < -0.4 is 20.5 Å². The molecule has 0 spiro atoms. The Labute approximate surface area is 141 Å². The Hall–Kier alpha value is -2.57. The molecule has 0 radical (unpaired) electrons. The second-order valence-corrected chi connectivity index (χ2v) is 5.27. The van der Waals surface area contributed by atoms with Gasteiger partial charge in [0.15, 0.2) is 0 Å². The van der Waals surface area contributed by atoms with E-state index in [1.165, 1.54) is 14.2 Å². The number of methoxy groups -OCH3 is 2. The summed E-state index contributed by atoms with van der Waals surface area (Å²) in [6, 6.07) is 12.1. The molecule has 0 bridgehead atoms. The summed E-state index contributed by atoms with van der Waals surface area (Å²) in [5.41, 5.74) is 7.60. The van der Waals surface area contributed by atoms with Gasteiger partial charge in [0.2, 0.25) is 0 Å². The second-order valence-electron chi connectivity index (χ2n) is 5.27. The van der Waals surface area contributed by atoms with Gasteiger partial charge in [0, 0.05) is 24.7 Å². The van der Waals surface area contributed by atoms with Crippen LogP contribution in [0.5, 0.6) is 11.5 Å². The number of rotatable bonds is 7. The molecule has 0 saturated carbocycles. The average molecular weight is 330 g/mol. The molecular formula is C18H22N2O4. The molecule has 0 fully saturated rings. The molecule has 0 aliphatic carbocycles. The van der Waals surface area contributed by atoms with Gasteiger partial charge in [-0.3, -0.25) is 4.79 Å². The van der Waals surface area contributed by atoms with Crippen LogP contribution in [0.2, 0.25) is 0 Å². The van der Waals surface area contributed by atoms with E-state index in [9.17, 15) is 9.90 Å². The fraction of sp³-hybridized carbons (Fsp3) is 0.278. The Bertz CT molecular complexity index is 664. The third-order valence-electron chi connectivity index (χ3n) is 3.67. The Morgan fingerprint density at radius 3 is 2.21 bits per heavy atom. The highest BCUT2D eigenvalue weighted by Crippen LogP contribution is 2.26. The summed E-state index contributed by atoms with van der Waals surface area (Å²) in [7, 11) is 3.08. The highest BCUT2D eigenvalue weighted by molar-refractivity contribution is 5.94. The van der Waals surface area contributed by atoms with Gasteiger partial charge in [-0.15, -0.1) is 0 Å². The van der Waals surface area contributed by atoms with Crippen molar-refractivity contribution in [2.24, 2.45) is 5.73 Å². The summed E-state index contributed by atoms with van der Waals surface area (Å²) in [6.45, 7) is 0.506. The Morgan fingerprint density at radius 1 is 1.12 bits per heavy atom. The molecule has 24 heavy (non-hydrogen) atoms. The molecule has 2 aromatic rings. The van der Waals surface area contributed by atoms with Crippen molar-refractivity contribution < 1.29 is 19.4 Å². The van der Waals surface area contributed by atoms with Crippen molar-refractivity contribution in [2.75, 3.05) is 20.8 Å². The predicted molar refractivity (Wildman–Crippen MR) is 91.2 cm³/mol. The summed E-state index contributed by atoms with van der Waals surface area (Å²) in [5.74, 6) is 0.895. The number of aliphatic hydroxyl groups is 1. The lowest BCUT2D eigenvalue weighted by molar-refractivity contribution is 0.0916. The number of nitrogens with two attached hydrogens (primary N) is 1. The van der Waals surface area contributed by atoms with Crippen molar-refractivity contribution in [1.82, 2.24) is 5.32 Å². The highest BCUT2D eigenvalue weighted by Gasteiger charge is 2.13. The number of hydrogen-bond acceptors (Lipinski definition) is 5. The van der Waals surface area contributed by atoms with Crippen molar-refractivity contribution in [1.29, 1.82) is 0 Å². The van der Waals surface area contributed by atoms with Crippen LogP contribution >= 0.6 is 0 Å². The number of ether oxygens (including phenoxy) is 2. The van der Waals surface area contributed by atoms with Crippen LogP contribution in [-0.2, 0) is 6.54 Å². The van der Waals surface area contributed by atoms with Crippen molar-refractivity contribution in [3.05, 3.63) is 59.2 Å². The van der Waals surface area contributed by atoms with Crippen molar-refractivity contribution in [2.45, 2.75) is 12.6 Å². The van der Waals surface area contributed by atoms with E-state index < -0.39 is 6.10 Å². The van der Waals surface area contributed by atoms with Gasteiger partial charge in [0.05, 0.1) is 20.3 Å². The first-order chi connectivity index (χ1) is 11.6. The van der Waals surface area contributed by atoms with Gasteiger partial charge in [-0.05, 0) is 35.4 Å². The maximum absolute atomic E-state index is 12.1. The third kappa shape index (κ3) is 4.47. The summed E-state index contributed by atoms with van der Waals surface area (Å²) in [5, 5.41) is 13.0. The van der Waals surface area contributed by atoms with E-state index in [0.717, 1.165) is 5.56 Å². The van der Waals surface area contributed by atoms with E-state index in [2.05, 4.69) is 5.32 Å². The fourth-order valence-corrected chi connectivity index (χ4v) is 2.22. The number of carbonyl (C=O) groups excluding carboxylic acids is 1. The van der Waals surface area contributed by atoms with Crippen LogP contribution in [0.3, 0.4) is 0 Å². The summed E-state index contributed by atoms with van der Waals surface area (Å²) < 4.78 is 10.4. The second kappa shape index (κ2) is 8.33. The minimum absolute atomic E-state index is 0.0772. The van der Waals surface area contributed by atoms with Gasteiger partial charge in [0.25, 0.3) is 5.91 Å². The standard InChI is InChI=1S/C18H22N2O4/c1-23-15-7-14(8-16(9-15)24-2)17(21)11-20-18(22)13-5-3-12(10-19)4-6-13/h3-9,17,21H,10-11,19H2,1-2H3,(H,20,22). The normalized spacial score (nSPS) is 11.7. The summed E-state index contributed by atoms with van der Waals surface area (Å²) in [6.07, 6.45) is -0.874. The summed E-state index contributed by atoms with van der Waals surface area (Å²) >= 11 is 0. The first-order valence-corrected chi connectivity index (χ1v) is 7.55. The van der Waals surface area contributed by atoms with Crippen molar-refractivity contribution in [3.63, 3.8) is 0 Å². The molecule has 1 unspecified atom stereocenters. The number of aliphatic hydroxyl groups excluding tert-OH is 1. The lowest BCUT2D eigenvalue weighted by atomic mass is 10.1. The van der Waals surface area contributed by atoms with Gasteiger partial charge >= 0.3 is 0 Å². The Kier molecular flexibility index (Phi) is 6.17. The minimum Gasteiger partial charge on any atom is -0.497 e. The van der Waals surface area contributed by atoms with Crippen molar-refractivity contribution >= 4 is 5.91 Å². The van der Waals surface area contributed by atoms with E-state index >= 15 is 0 Å². The molecule has 1 amide bonds. The van der Waals surface area contributed by atoms with E-state index in [-0.39, 0.29) is 12.5 Å². The third-order valence-corrected chi connectivity index (χ3v) is 3.67. The zero-order valence-corrected chi connectivity index (χ0v) is 13.8. The fourth-order valence-electron chi connectivity index (χ4n) is 2.22. The van der Waals surface area contributed by atoms with Crippen LogP contribution in [0.1, 0.15) is 27.6 Å². The van der Waals surface area contributed by atoms with Crippen LogP contribution in [0.25, 0.3) is 0 Å². The predicted octanol–water partition coefficient (Wildman–Crippen LogP) is 1.63. The molecule has 128 valence electrons. The molecule has 2 aromatic carbocycles. The van der Waals surface area contributed by atoms with E-state index in [4.69, 9.17) is 15.2 Å². The molecule has 1 atom stereocenters. The van der Waals surface area contributed by atoms with Gasteiger partial charge < -0.3 is 25.6 Å². The topological polar surface area (TPSA) is 93.8 Å². The molecule has 4 N–H and O–H groups in total. The zero-order valence-electron chi connectivity index (χ0n) is 13.8. The lowest BCUT2D eigenvalue weighted by Crippen LogP contribution is -2.28. The first-order valence-electron chi connectivity index (χ1n) is 7.55. The van der Waals surface area contributed by atoms with Gasteiger partial charge in [-0.1, -0.05) is 12.1 Å². The Morgan fingerprint density at radius 2 is 1.71 bits per heavy atom. The monoisotopic (exact) mass is 330 g/mol. The number of amides is 1. The number of benzene rings is 2. The van der Waals surface area contributed by atoms with Crippen LogP contribution in [0, 0.1) is 0 Å². The van der Waals surface area contributed by atoms with Crippen LogP contribution in [-0.4, -0.2) is 31.8 Å². The van der Waals surface area contributed by atoms with Gasteiger partial charge in [0.1, 0.15) is 11.5 Å². The van der Waals surface area contributed by atoms with Gasteiger partial charge in [-0.2, -0.15) is 0 Å². The van der Waals surface area contributed by atoms with Gasteiger partial charge in [-0.25, -0.2) is 0 Å². The van der Waals surface area contributed by atoms with E-state index in [1.807, 2.05) is 0 Å². The molecular weight excluding hydrogens is 308 g/mol. The highest BCUT2D eigenvalue weighted by atomic mass is 16.5. The van der Waals surface area contributed by atoms with Crippen molar-refractivity contribution in [3.8, 4) is 11.5 Å². The largest absolute Gasteiger partial charge is 0.497 e. The summed E-state index contributed by atoms with van der Waals surface area (Å²) in [4.78, 5) is 12.1. The molecule has 0 heterocycles. The molecule has 0 aromatic heterocycles. The molecule has 2 rings (SSSR count). The lowest BCUT2D eigenvalue weighted by Gasteiger charge is -2.15. The number of carbonyl (C=O) groups is 1. The average Bonchev–Trinajstić information content (AvgIpc) is 2.65. The minimum atomic E-state index is -0.874. The smallest absolute Gasteiger partial charge is 0.251 e. The maximum atomic E-state index is 12.1. The molecule has 0 saturated heterocycles. The molecule has 0 aliphatic heterocycles. The van der Waals surface area contributed by atoms with Crippen LogP contribution in [0.15, 0.2) is 42.5 Å². The van der Waals surface area contributed by atoms with Crippen LogP contribution in [0.4, 0.5) is 0 Å². The maximum Gasteiger partial charge on any atom is 0.251 e. The first kappa shape index (κ1) is 17.8. The molecule has 6 heteroatoms. The Balaban J connectivity index is 2.01.